The minimum absolute atomic E-state index is 0.106. The van der Waals surface area contributed by atoms with Crippen molar-refractivity contribution in [2.24, 2.45) is 16.6 Å². The van der Waals surface area contributed by atoms with Gasteiger partial charge in [-0.3, -0.25) is 9.59 Å². The first kappa shape index (κ1) is 34.1. The molecular formula is C23H45BN7O6+. The van der Waals surface area contributed by atoms with E-state index in [0.29, 0.717) is 25.7 Å². The fourth-order valence-electron chi connectivity index (χ4n) is 3.76. The smallest absolute Gasteiger partial charge is 0.426 e. The van der Waals surface area contributed by atoms with Crippen LogP contribution < -0.4 is 21.8 Å². The van der Waals surface area contributed by atoms with Crippen molar-refractivity contribution in [2.45, 2.75) is 109 Å². The second-order valence-corrected chi connectivity index (χ2v) is 9.56. The van der Waals surface area contributed by atoms with E-state index in [1.807, 2.05) is 19.3 Å². The summed E-state index contributed by atoms with van der Waals surface area (Å²) in [5.74, 6) is -1.87. The van der Waals surface area contributed by atoms with Gasteiger partial charge in [0.2, 0.25) is 11.8 Å². The summed E-state index contributed by atoms with van der Waals surface area (Å²) in [5, 5.41) is 41.1. The maximum Gasteiger partial charge on any atom is 0.475 e. The molecule has 0 bridgehead atoms. The molecule has 0 aromatic heterocycles. The van der Waals surface area contributed by atoms with Crippen LogP contribution in [0.5, 0.6) is 0 Å². The molecule has 0 radical (unpaired) electrons. The van der Waals surface area contributed by atoms with Gasteiger partial charge in [0.05, 0.1) is 12.0 Å². The molecule has 37 heavy (non-hydrogen) atoms. The number of guanidine groups is 1. The number of hydrogen-bond donors (Lipinski definition) is 7. The Kier molecular flexibility index (Phi) is 19.5. The van der Waals surface area contributed by atoms with Crippen molar-refractivity contribution in [1.29, 1.82) is 5.26 Å². The highest BCUT2D eigenvalue weighted by Gasteiger charge is 2.29. The van der Waals surface area contributed by atoms with Crippen molar-refractivity contribution in [2.75, 3.05) is 6.54 Å². The van der Waals surface area contributed by atoms with Gasteiger partial charge in [0.1, 0.15) is 10.9 Å². The van der Waals surface area contributed by atoms with Crippen LogP contribution in [-0.4, -0.2) is 63.7 Å². The summed E-state index contributed by atoms with van der Waals surface area (Å²) in [5.41, 5.74) is 7.26. The number of amides is 2. The Morgan fingerprint density at radius 3 is 2.16 bits per heavy atom. The van der Waals surface area contributed by atoms with Gasteiger partial charge in [-0.15, -0.1) is 0 Å². The molecule has 0 aliphatic rings. The third kappa shape index (κ3) is 19.9. The Hall–Kier alpha value is -2.92. The second kappa shape index (κ2) is 21.2. The predicted molar refractivity (Wildman–Crippen MR) is 140 cm³/mol. The molecule has 0 aliphatic carbocycles. The number of aliphatic imine (C=N–C) groups is 1. The van der Waals surface area contributed by atoms with E-state index in [1.165, 1.54) is 0 Å². The topological polar surface area (TPSA) is 213 Å². The summed E-state index contributed by atoms with van der Waals surface area (Å²) in [4.78, 5) is 39.7. The van der Waals surface area contributed by atoms with Crippen molar-refractivity contribution < 1.29 is 29.9 Å². The van der Waals surface area contributed by atoms with Gasteiger partial charge in [-0.2, -0.15) is 5.26 Å². The predicted octanol–water partition coefficient (Wildman–Crippen LogP) is 1.21. The monoisotopic (exact) mass is 526 g/mol. The normalized spacial score (nSPS) is 12.9. The molecule has 0 aliphatic heterocycles. The van der Waals surface area contributed by atoms with Crippen molar-refractivity contribution in [3.63, 3.8) is 0 Å². The van der Waals surface area contributed by atoms with Crippen molar-refractivity contribution >= 4 is 24.9 Å². The highest BCUT2D eigenvalue weighted by atomic mass is 16.7. The molecule has 0 spiro atoms. The van der Waals surface area contributed by atoms with E-state index >= 15 is 0 Å². The third-order valence-corrected chi connectivity index (χ3v) is 5.65. The highest BCUT2D eigenvalue weighted by molar-refractivity contribution is 6.43. The molecule has 0 saturated carbocycles. The Bertz CT molecular complexity index is 746. The Morgan fingerprint density at radius 1 is 1.03 bits per heavy atom. The zero-order chi connectivity index (χ0) is 28.1. The number of nitrogens with one attached hydrogen (secondary N) is 3. The van der Waals surface area contributed by atoms with Crippen LogP contribution in [0.15, 0.2) is 4.99 Å². The number of nitrogens with two attached hydrogens (primary N) is 1. The molecule has 8 N–H and O–H groups in total. The molecule has 0 aromatic rings. The lowest BCUT2D eigenvalue weighted by molar-refractivity contribution is -0.822. The molecule has 0 heterocycles. The van der Waals surface area contributed by atoms with Gasteiger partial charge < -0.3 is 26.4 Å². The fourth-order valence-corrected chi connectivity index (χ4v) is 3.76. The summed E-state index contributed by atoms with van der Waals surface area (Å²) in [6.07, 6.45) is 9.69. The maximum atomic E-state index is 12.9. The molecule has 13 nitrogen and oxygen atoms in total. The number of carbonyl (C=O) groups excluding carboxylic acids is 2. The first-order chi connectivity index (χ1) is 17.6. The van der Waals surface area contributed by atoms with E-state index in [4.69, 9.17) is 16.2 Å². The average Bonchev–Trinajstić information content (AvgIpc) is 2.80. The fraction of sp³-hybridized carbons (Fsp3) is 0.826. The number of rotatable bonds is 21. The van der Waals surface area contributed by atoms with E-state index in [2.05, 4.69) is 21.7 Å². The van der Waals surface area contributed by atoms with Crippen molar-refractivity contribution in [3.05, 3.63) is 4.91 Å². The molecule has 2 atom stereocenters. The number of nitrogens with zero attached hydrogens (tertiary/aromatic N) is 3. The molecule has 2 amide bonds. The van der Waals surface area contributed by atoms with Crippen molar-refractivity contribution in [1.82, 2.24) is 16.1 Å². The van der Waals surface area contributed by atoms with Crippen LogP contribution in [0.4, 0.5) is 0 Å². The number of carbonyl (C=O) groups is 2. The molecule has 210 valence electrons. The van der Waals surface area contributed by atoms with Crippen LogP contribution in [-0.2, 0) is 9.59 Å². The number of nitriles is 1. The average molecular weight is 526 g/mol. The summed E-state index contributed by atoms with van der Waals surface area (Å²) >= 11 is 0. The zero-order valence-electron chi connectivity index (χ0n) is 22.2. The highest BCUT2D eigenvalue weighted by Crippen LogP contribution is 2.11. The first-order valence-electron chi connectivity index (χ1n) is 13.1. The Labute approximate surface area is 219 Å². The van der Waals surface area contributed by atoms with E-state index in [-0.39, 0.29) is 37.2 Å². The molecule has 0 aromatic carbocycles. The molecule has 14 heteroatoms. The van der Waals surface area contributed by atoms with Crippen LogP contribution >= 0.6 is 0 Å². The summed E-state index contributed by atoms with van der Waals surface area (Å²) in [6, 6.07) is 1.24. The van der Waals surface area contributed by atoms with Gasteiger partial charge in [0.25, 0.3) is 5.96 Å². The SMILES string of the molecule is CC(C)C[C@H](NC(=O)[C@H](CCCN=C(N)N[N+](=O)O)NC(=O)CCCCCCCCCCC#N)B(O)O. The first-order valence-corrected chi connectivity index (χ1v) is 13.1. The number of unbranched alkanes of at least 4 members (excludes halogenated alkanes) is 8. The lowest BCUT2D eigenvalue weighted by atomic mass is 9.75. The second-order valence-electron chi connectivity index (χ2n) is 9.56. The van der Waals surface area contributed by atoms with E-state index < -0.39 is 30.0 Å². The summed E-state index contributed by atoms with van der Waals surface area (Å²) in [6.45, 7) is 3.91. The van der Waals surface area contributed by atoms with Crippen LogP contribution in [0.25, 0.3) is 0 Å². The number of hydrogen-bond acceptors (Lipinski definition) is 7. The lowest BCUT2D eigenvalue weighted by Gasteiger charge is -2.24. The standard InChI is InChI=1S/C23H44BN7O6/c1-18(2)17-20(24(34)35)29-22(33)19(13-12-16-27-23(26)30-31(36)37)28-21(32)14-10-8-6-4-3-5-7-9-11-15-25/h18-20,34-35H,3-14,16-17H2,1-2H3,(H5-,26,27,28,29,30,32,33,36,37)/p+1/t19-,20-/m0/s1. The van der Waals surface area contributed by atoms with Crippen molar-refractivity contribution in [3.8, 4) is 6.07 Å². The molecule has 0 fully saturated rings. The third-order valence-electron chi connectivity index (χ3n) is 5.65. The largest absolute Gasteiger partial charge is 0.475 e. The van der Waals surface area contributed by atoms with Gasteiger partial charge >= 0.3 is 12.2 Å². The molecular weight excluding hydrogens is 481 g/mol. The summed E-state index contributed by atoms with van der Waals surface area (Å²) < 4.78 is 0. The van der Waals surface area contributed by atoms with Crippen LogP contribution in [0.3, 0.4) is 0 Å². The molecule has 0 saturated heterocycles. The minimum atomic E-state index is -1.74. The number of hydrazine groups is 1. The van der Waals surface area contributed by atoms with Crippen LogP contribution in [0.2, 0.25) is 0 Å². The van der Waals surface area contributed by atoms with E-state index in [9.17, 15) is 24.5 Å². The van der Waals surface area contributed by atoms with Gasteiger partial charge in [-0.05, 0) is 43.4 Å². The molecule has 0 rings (SSSR count). The Balaban J connectivity index is 4.71. The lowest BCUT2D eigenvalue weighted by Crippen LogP contribution is -2.54. The summed E-state index contributed by atoms with van der Waals surface area (Å²) in [7, 11) is -1.74. The van der Waals surface area contributed by atoms with E-state index in [1.54, 1.807) is 0 Å². The maximum absolute atomic E-state index is 12.9. The Morgan fingerprint density at radius 2 is 1.62 bits per heavy atom. The quantitative estimate of drug-likeness (QED) is 0.0376. The van der Waals surface area contributed by atoms with Crippen LogP contribution in [0.1, 0.15) is 97.3 Å². The van der Waals surface area contributed by atoms with Gasteiger partial charge in [0.15, 0.2) is 0 Å². The van der Waals surface area contributed by atoms with Crippen LogP contribution in [0, 0.1) is 22.2 Å². The van der Waals surface area contributed by atoms with E-state index in [0.717, 1.165) is 44.9 Å². The van der Waals surface area contributed by atoms with Gasteiger partial charge in [-0.1, -0.05) is 52.4 Å². The van der Waals surface area contributed by atoms with Gasteiger partial charge in [-0.25, -0.2) is 10.2 Å². The molecule has 0 unspecified atom stereocenters. The zero-order valence-corrected chi connectivity index (χ0v) is 22.2. The van der Waals surface area contributed by atoms with Gasteiger partial charge in [0, 0.05) is 19.4 Å². The minimum Gasteiger partial charge on any atom is -0.426 e.